The number of carbonyl (C=O) groups is 2. The smallest absolute Gasteiger partial charge is 0.242 e. The van der Waals surface area contributed by atoms with E-state index in [9.17, 15) is 9.59 Å². The summed E-state index contributed by atoms with van der Waals surface area (Å²) >= 11 is 13.5. The molecule has 3 rings (SSSR count). The van der Waals surface area contributed by atoms with E-state index in [1.54, 1.807) is 30.1 Å². The number of halogens is 2. The molecule has 3 aromatic rings. The Morgan fingerprint density at radius 2 is 1.59 bits per heavy atom. The van der Waals surface area contributed by atoms with Crippen molar-refractivity contribution in [2.45, 2.75) is 23.9 Å². The molecule has 0 aliphatic rings. The topological polar surface area (TPSA) is 49.4 Å². The van der Waals surface area contributed by atoms with Crippen LogP contribution in [0.2, 0.25) is 10.0 Å². The number of amides is 2. The molecule has 7 heteroatoms. The van der Waals surface area contributed by atoms with Gasteiger partial charge in [0.15, 0.2) is 0 Å². The summed E-state index contributed by atoms with van der Waals surface area (Å²) in [7, 11) is 1.59. The van der Waals surface area contributed by atoms with Gasteiger partial charge < -0.3 is 10.2 Å². The average molecular weight is 487 g/mol. The van der Waals surface area contributed by atoms with Crippen molar-refractivity contribution >= 4 is 46.8 Å². The molecule has 0 bridgehead atoms. The molecule has 1 atom stereocenters. The van der Waals surface area contributed by atoms with Gasteiger partial charge in [-0.3, -0.25) is 9.59 Å². The SMILES string of the molecule is CNC(=O)[C@H](Cc1ccccc1)N(Cc1cccc(Cl)c1)C(=O)CSc1ccc(Cl)cc1. The zero-order chi connectivity index (χ0) is 22.9. The van der Waals surface area contributed by atoms with Gasteiger partial charge in [0.2, 0.25) is 11.8 Å². The molecule has 0 radical (unpaired) electrons. The van der Waals surface area contributed by atoms with E-state index in [1.807, 2.05) is 60.7 Å². The number of nitrogens with one attached hydrogen (secondary N) is 1. The van der Waals surface area contributed by atoms with Gasteiger partial charge in [-0.2, -0.15) is 0 Å². The minimum absolute atomic E-state index is 0.130. The molecular formula is C25H24Cl2N2O2S. The lowest BCUT2D eigenvalue weighted by atomic mass is 10.0. The Morgan fingerprint density at radius 1 is 0.906 bits per heavy atom. The van der Waals surface area contributed by atoms with Gasteiger partial charge in [-0.1, -0.05) is 65.7 Å². The Labute approximate surface area is 202 Å². The highest BCUT2D eigenvalue weighted by Gasteiger charge is 2.29. The van der Waals surface area contributed by atoms with Crippen molar-refractivity contribution in [1.82, 2.24) is 10.2 Å². The summed E-state index contributed by atoms with van der Waals surface area (Å²) in [5, 5.41) is 3.95. The fraction of sp³-hybridized carbons (Fsp3) is 0.200. The predicted molar refractivity (Wildman–Crippen MR) is 132 cm³/mol. The molecule has 0 aromatic heterocycles. The van der Waals surface area contributed by atoms with Crippen LogP contribution >= 0.6 is 35.0 Å². The second kappa shape index (κ2) is 12.0. The molecule has 0 aliphatic heterocycles. The van der Waals surface area contributed by atoms with E-state index >= 15 is 0 Å². The Hall–Kier alpha value is -2.47. The third-order valence-corrected chi connectivity index (χ3v) is 6.42. The predicted octanol–water partition coefficient (Wildman–Crippen LogP) is 5.47. The molecule has 166 valence electrons. The number of benzene rings is 3. The Morgan fingerprint density at radius 3 is 2.25 bits per heavy atom. The molecule has 0 heterocycles. The van der Waals surface area contributed by atoms with Gasteiger partial charge in [0.25, 0.3) is 0 Å². The Kier molecular flexibility index (Phi) is 9.03. The average Bonchev–Trinajstić information content (AvgIpc) is 2.81. The summed E-state index contributed by atoms with van der Waals surface area (Å²) in [5.41, 5.74) is 1.85. The molecule has 32 heavy (non-hydrogen) atoms. The molecule has 4 nitrogen and oxygen atoms in total. The van der Waals surface area contributed by atoms with E-state index in [0.717, 1.165) is 16.0 Å². The number of rotatable bonds is 9. The molecule has 3 aromatic carbocycles. The number of likely N-dealkylation sites (N-methyl/N-ethyl adjacent to an activating group) is 1. The Balaban J connectivity index is 1.86. The van der Waals surface area contributed by atoms with Crippen molar-refractivity contribution in [3.05, 3.63) is 100 Å². The highest BCUT2D eigenvalue weighted by atomic mass is 35.5. The molecule has 0 fully saturated rings. The van der Waals surface area contributed by atoms with Crippen LogP contribution in [0, 0.1) is 0 Å². The molecule has 0 saturated heterocycles. The summed E-state index contributed by atoms with van der Waals surface area (Å²) in [4.78, 5) is 28.8. The lowest BCUT2D eigenvalue weighted by Crippen LogP contribution is -2.50. The van der Waals surface area contributed by atoms with Gasteiger partial charge in [0.05, 0.1) is 5.75 Å². The highest BCUT2D eigenvalue weighted by Crippen LogP contribution is 2.23. The summed E-state index contributed by atoms with van der Waals surface area (Å²) < 4.78 is 0. The van der Waals surface area contributed by atoms with Crippen molar-refractivity contribution in [3.8, 4) is 0 Å². The van der Waals surface area contributed by atoms with Crippen molar-refractivity contribution in [1.29, 1.82) is 0 Å². The van der Waals surface area contributed by atoms with Crippen LogP contribution in [0.15, 0.2) is 83.8 Å². The fourth-order valence-electron chi connectivity index (χ4n) is 3.31. The van der Waals surface area contributed by atoms with Crippen molar-refractivity contribution < 1.29 is 9.59 Å². The van der Waals surface area contributed by atoms with Crippen molar-refractivity contribution in [2.24, 2.45) is 0 Å². The summed E-state index contributed by atoms with van der Waals surface area (Å²) in [5.74, 6) is -0.139. The monoisotopic (exact) mass is 486 g/mol. The summed E-state index contributed by atoms with van der Waals surface area (Å²) in [6.07, 6.45) is 0.415. The van der Waals surface area contributed by atoms with Crippen LogP contribution in [0.3, 0.4) is 0 Å². The maximum Gasteiger partial charge on any atom is 0.242 e. The number of thioether (sulfide) groups is 1. The molecule has 0 unspecified atom stereocenters. The third-order valence-electron chi connectivity index (χ3n) is 4.94. The van der Waals surface area contributed by atoms with Crippen LogP contribution in [-0.2, 0) is 22.6 Å². The van der Waals surface area contributed by atoms with E-state index < -0.39 is 6.04 Å². The van der Waals surface area contributed by atoms with Gasteiger partial charge in [-0.15, -0.1) is 11.8 Å². The summed E-state index contributed by atoms with van der Waals surface area (Å²) in [6, 6.07) is 23.7. The van der Waals surface area contributed by atoms with Crippen LogP contribution < -0.4 is 5.32 Å². The minimum atomic E-state index is -0.653. The first kappa shape index (κ1) is 24.2. The van der Waals surface area contributed by atoms with Gasteiger partial charge >= 0.3 is 0 Å². The second-order valence-corrected chi connectivity index (χ2v) is 9.14. The lowest BCUT2D eigenvalue weighted by molar-refractivity contribution is -0.139. The van der Waals surface area contributed by atoms with Crippen LogP contribution in [0.5, 0.6) is 0 Å². The Bertz CT molecular complexity index is 1050. The first-order chi connectivity index (χ1) is 15.5. The van der Waals surface area contributed by atoms with E-state index in [2.05, 4.69) is 5.32 Å². The number of carbonyl (C=O) groups excluding carboxylic acids is 2. The maximum atomic E-state index is 13.4. The maximum absolute atomic E-state index is 13.4. The van der Waals surface area contributed by atoms with Crippen LogP contribution in [-0.4, -0.2) is 35.6 Å². The van der Waals surface area contributed by atoms with Crippen LogP contribution in [0.25, 0.3) is 0 Å². The second-order valence-electron chi connectivity index (χ2n) is 7.21. The zero-order valence-corrected chi connectivity index (χ0v) is 20.0. The first-order valence-corrected chi connectivity index (χ1v) is 11.9. The third kappa shape index (κ3) is 7.02. The van der Waals surface area contributed by atoms with Gasteiger partial charge in [0.1, 0.15) is 6.04 Å². The molecule has 0 saturated carbocycles. The van der Waals surface area contributed by atoms with E-state index in [4.69, 9.17) is 23.2 Å². The number of hydrogen-bond donors (Lipinski definition) is 1. The van der Waals surface area contributed by atoms with Gasteiger partial charge in [-0.05, 0) is 47.5 Å². The van der Waals surface area contributed by atoms with Crippen LogP contribution in [0.1, 0.15) is 11.1 Å². The van der Waals surface area contributed by atoms with Crippen molar-refractivity contribution in [3.63, 3.8) is 0 Å². The van der Waals surface area contributed by atoms with Crippen molar-refractivity contribution in [2.75, 3.05) is 12.8 Å². The molecular weight excluding hydrogens is 463 g/mol. The molecule has 1 N–H and O–H groups in total. The van der Waals surface area contributed by atoms with E-state index in [-0.39, 0.29) is 24.1 Å². The van der Waals surface area contributed by atoms with Gasteiger partial charge in [0, 0.05) is 35.0 Å². The molecule has 2 amide bonds. The quantitative estimate of drug-likeness (QED) is 0.407. The highest BCUT2D eigenvalue weighted by molar-refractivity contribution is 8.00. The van der Waals surface area contributed by atoms with Gasteiger partial charge in [-0.25, -0.2) is 0 Å². The number of nitrogens with zero attached hydrogens (tertiary/aromatic N) is 1. The molecule has 0 aliphatic carbocycles. The van der Waals surface area contributed by atoms with E-state index in [0.29, 0.717) is 16.5 Å². The largest absolute Gasteiger partial charge is 0.357 e. The zero-order valence-electron chi connectivity index (χ0n) is 17.6. The number of hydrogen-bond acceptors (Lipinski definition) is 3. The summed E-state index contributed by atoms with van der Waals surface area (Å²) in [6.45, 7) is 0.283. The van der Waals surface area contributed by atoms with Crippen LogP contribution in [0.4, 0.5) is 0 Å². The normalized spacial score (nSPS) is 11.6. The van der Waals surface area contributed by atoms with E-state index in [1.165, 1.54) is 11.8 Å². The minimum Gasteiger partial charge on any atom is -0.357 e. The molecule has 0 spiro atoms. The standard InChI is InChI=1S/C25H24Cl2N2O2S/c1-28-25(31)23(15-18-6-3-2-4-7-18)29(16-19-8-5-9-21(27)14-19)24(30)17-32-22-12-10-20(26)11-13-22/h2-14,23H,15-17H2,1H3,(H,28,31)/t23-/m0/s1. The fourth-order valence-corrected chi connectivity index (χ4v) is 4.43. The first-order valence-electron chi connectivity index (χ1n) is 10.1. The lowest BCUT2D eigenvalue weighted by Gasteiger charge is -2.31.